The molecule has 9 heteroatoms. The predicted octanol–water partition coefficient (Wildman–Crippen LogP) is 5.46. The number of aromatic nitrogens is 2. The number of carbonyl (C=O) groups excluding carboxylic acids is 1. The van der Waals surface area contributed by atoms with Gasteiger partial charge in [-0.3, -0.25) is 4.79 Å². The molecule has 3 N–H and O–H groups in total. The fourth-order valence-electron chi connectivity index (χ4n) is 3.22. The highest BCUT2D eigenvalue weighted by Gasteiger charge is 2.16. The number of benzene rings is 2. The molecule has 0 aliphatic heterocycles. The lowest BCUT2D eigenvalue weighted by Gasteiger charge is -2.25. The fraction of sp³-hybridized carbons (Fsp3) is 0.227. The standard InChI is InChI=1S/C22H20Cl2FN5O/c23-14-6-2-7-17(21(14)25)30-22-19-15(27-12-28-22)9-10-16(20(19)24)29-18(31)8-3-11-26-13-4-1-5-13/h2-3,6-10,12-13,26H,1,4-5,11H2,(H,29,31)(H,27,28,30)/b8-3+. The van der Waals surface area contributed by atoms with Gasteiger partial charge < -0.3 is 16.0 Å². The quantitative estimate of drug-likeness (QED) is 0.409. The van der Waals surface area contributed by atoms with Crippen LogP contribution in [-0.2, 0) is 4.79 Å². The smallest absolute Gasteiger partial charge is 0.248 e. The Kier molecular flexibility index (Phi) is 6.65. The third-order valence-corrected chi connectivity index (χ3v) is 5.79. The molecule has 4 rings (SSSR count). The van der Waals surface area contributed by atoms with Crippen molar-refractivity contribution >= 4 is 57.2 Å². The Hall–Kier alpha value is -2.74. The van der Waals surface area contributed by atoms with E-state index in [-0.39, 0.29) is 21.6 Å². The lowest BCUT2D eigenvalue weighted by Crippen LogP contribution is -2.35. The van der Waals surface area contributed by atoms with Gasteiger partial charge in [0, 0.05) is 18.7 Å². The molecule has 31 heavy (non-hydrogen) atoms. The van der Waals surface area contributed by atoms with Crippen LogP contribution in [0.4, 0.5) is 21.6 Å². The van der Waals surface area contributed by atoms with Crippen molar-refractivity contribution in [1.82, 2.24) is 15.3 Å². The molecule has 0 saturated heterocycles. The molecule has 0 radical (unpaired) electrons. The van der Waals surface area contributed by atoms with Crippen molar-refractivity contribution in [3.63, 3.8) is 0 Å². The third kappa shape index (κ3) is 4.95. The van der Waals surface area contributed by atoms with Crippen LogP contribution >= 0.6 is 23.2 Å². The summed E-state index contributed by atoms with van der Waals surface area (Å²) in [5.74, 6) is -0.603. The Labute approximate surface area is 188 Å². The van der Waals surface area contributed by atoms with E-state index in [1.807, 2.05) is 0 Å². The summed E-state index contributed by atoms with van der Waals surface area (Å²) in [5.41, 5.74) is 1.10. The molecule has 160 valence electrons. The number of anilines is 3. The van der Waals surface area contributed by atoms with Gasteiger partial charge in [-0.2, -0.15) is 0 Å². The zero-order valence-corrected chi connectivity index (χ0v) is 18.0. The average Bonchev–Trinajstić information content (AvgIpc) is 2.72. The minimum Gasteiger partial charge on any atom is -0.337 e. The van der Waals surface area contributed by atoms with Crippen LogP contribution in [0, 0.1) is 5.82 Å². The Bertz CT molecular complexity index is 1150. The van der Waals surface area contributed by atoms with Crippen LogP contribution in [0.1, 0.15) is 19.3 Å². The highest BCUT2D eigenvalue weighted by atomic mass is 35.5. The summed E-state index contributed by atoms with van der Waals surface area (Å²) in [4.78, 5) is 20.7. The van der Waals surface area contributed by atoms with Crippen molar-refractivity contribution in [2.45, 2.75) is 25.3 Å². The fourth-order valence-corrected chi connectivity index (χ4v) is 3.69. The van der Waals surface area contributed by atoms with Gasteiger partial charge in [-0.15, -0.1) is 0 Å². The van der Waals surface area contributed by atoms with E-state index in [1.54, 1.807) is 24.3 Å². The normalized spacial score (nSPS) is 14.0. The Balaban J connectivity index is 1.54. The first kappa shape index (κ1) is 21.5. The summed E-state index contributed by atoms with van der Waals surface area (Å²) in [6.07, 6.45) is 8.22. The van der Waals surface area contributed by atoms with Crippen LogP contribution in [-0.4, -0.2) is 28.5 Å². The maximum absolute atomic E-state index is 14.3. The van der Waals surface area contributed by atoms with Gasteiger partial charge in [-0.05, 0) is 37.1 Å². The molecule has 1 aliphatic carbocycles. The minimum atomic E-state index is -0.600. The maximum atomic E-state index is 14.3. The number of carbonyl (C=O) groups is 1. The zero-order chi connectivity index (χ0) is 21.8. The maximum Gasteiger partial charge on any atom is 0.248 e. The molecule has 0 bridgehead atoms. The second kappa shape index (κ2) is 9.60. The van der Waals surface area contributed by atoms with Crippen LogP contribution < -0.4 is 16.0 Å². The van der Waals surface area contributed by atoms with Crippen LogP contribution in [0.5, 0.6) is 0 Å². The van der Waals surface area contributed by atoms with Crippen LogP contribution in [0.25, 0.3) is 10.9 Å². The highest BCUT2D eigenvalue weighted by Crippen LogP contribution is 2.36. The van der Waals surface area contributed by atoms with Gasteiger partial charge in [-0.25, -0.2) is 14.4 Å². The number of amides is 1. The molecule has 2 aromatic carbocycles. The summed E-state index contributed by atoms with van der Waals surface area (Å²) in [6.45, 7) is 0.636. The van der Waals surface area contributed by atoms with E-state index < -0.39 is 5.82 Å². The third-order valence-electron chi connectivity index (χ3n) is 5.10. The van der Waals surface area contributed by atoms with Crippen molar-refractivity contribution < 1.29 is 9.18 Å². The highest BCUT2D eigenvalue weighted by molar-refractivity contribution is 6.39. The molecule has 0 spiro atoms. The van der Waals surface area contributed by atoms with Gasteiger partial charge in [0.15, 0.2) is 5.82 Å². The number of nitrogens with zero attached hydrogens (tertiary/aromatic N) is 2. The molecule has 1 aliphatic rings. The Morgan fingerprint density at radius 3 is 2.77 bits per heavy atom. The lowest BCUT2D eigenvalue weighted by molar-refractivity contribution is -0.111. The van der Waals surface area contributed by atoms with E-state index in [4.69, 9.17) is 23.2 Å². The molecule has 1 saturated carbocycles. The largest absolute Gasteiger partial charge is 0.337 e. The Morgan fingerprint density at radius 1 is 1.16 bits per heavy atom. The van der Waals surface area contributed by atoms with E-state index in [2.05, 4.69) is 25.9 Å². The van der Waals surface area contributed by atoms with E-state index in [9.17, 15) is 9.18 Å². The first-order valence-corrected chi connectivity index (χ1v) is 10.6. The zero-order valence-electron chi connectivity index (χ0n) is 16.5. The van der Waals surface area contributed by atoms with Crippen molar-refractivity contribution in [3.8, 4) is 0 Å². The summed E-state index contributed by atoms with van der Waals surface area (Å²) in [7, 11) is 0. The molecule has 6 nitrogen and oxygen atoms in total. The first-order valence-electron chi connectivity index (χ1n) is 9.88. The number of hydrogen-bond acceptors (Lipinski definition) is 5. The monoisotopic (exact) mass is 459 g/mol. The second-order valence-electron chi connectivity index (χ2n) is 7.20. The molecule has 0 unspecified atom stereocenters. The van der Waals surface area contributed by atoms with Crippen LogP contribution in [0.15, 0.2) is 48.8 Å². The number of fused-ring (bicyclic) bond motifs is 1. The van der Waals surface area contributed by atoms with Gasteiger partial charge in [-0.1, -0.05) is 41.8 Å². The lowest BCUT2D eigenvalue weighted by atomic mass is 9.93. The van der Waals surface area contributed by atoms with Crippen molar-refractivity contribution in [2.24, 2.45) is 0 Å². The van der Waals surface area contributed by atoms with Crippen molar-refractivity contribution in [3.05, 3.63) is 64.7 Å². The van der Waals surface area contributed by atoms with Crippen molar-refractivity contribution in [2.75, 3.05) is 17.2 Å². The number of halogens is 3. The Morgan fingerprint density at radius 2 is 2.00 bits per heavy atom. The summed E-state index contributed by atoms with van der Waals surface area (Å²) < 4.78 is 14.3. The van der Waals surface area contributed by atoms with E-state index in [0.717, 1.165) is 0 Å². The topological polar surface area (TPSA) is 78.9 Å². The molecule has 1 heterocycles. The molecular weight excluding hydrogens is 440 g/mol. The molecule has 1 amide bonds. The van der Waals surface area contributed by atoms with Gasteiger partial charge in [0.25, 0.3) is 0 Å². The SMILES string of the molecule is O=C(/C=C/CNC1CCC1)Nc1ccc2ncnc(Nc3cccc(Cl)c3F)c2c1Cl. The first-order chi connectivity index (χ1) is 15.0. The van der Waals surface area contributed by atoms with E-state index in [0.29, 0.717) is 35.0 Å². The molecule has 0 atom stereocenters. The number of hydrogen-bond donors (Lipinski definition) is 3. The van der Waals surface area contributed by atoms with Gasteiger partial charge in [0.1, 0.15) is 12.1 Å². The molecular formula is C22H20Cl2FN5O. The second-order valence-corrected chi connectivity index (χ2v) is 7.98. The average molecular weight is 460 g/mol. The van der Waals surface area contributed by atoms with Crippen molar-refractivity contribution in [1.29, 1.82) is 0 Å². The van der Waals surface area contributed by atoms with Crippen LogP contribution in [0.3, 0.4) is 0 Å². The predicted molar refractivity (Wildman–Crippen MR) is 123 cm³/mol. The van der Waals surface area contributed by atoms with Gasteiger partial charge >= 0.3 is 0 Å². The molecule has 1 aromatic heterocycles. The van der Waals surface area contributed by atoms with Gasteiger partial charge in [0.2, 0.25) is 5.91 Å². The summed E-state index contributed by atoms with van der Waals surface area (Å²) in [6, 6.07) is 8.54. The molecule has 1 fully saturated rings. The van der Waals surface area contributed by atoms with E-state index in [1.165, 1.54) is 43.8 Å². The summed E-state index contributed by atoms with van der Waals surface area (Å²) >= 11 is 12.4. The van der Waals surface area contributed by atoms with Gasteiger partial charge in [0.05, 0.1) is 32.3 Å². The number of nitrogens with one attached hydrogen (secondary N) is 3. The number of rotatable bonds is 7. The minimum absolute atomic E-state index is 0.0130. The molecule has 3 aromatic rings. The van der Waals surface area contributed by atoms with E-state index >= 15 is 0 Å². The van der Waals surface area contributed by atoms with Crippen LogP contribution in [0.2, 0.25) is 10.0 Å². The summed E-state index contributed by atoms with van der Waals surface area (Å²) in [5, 5.41) is 9.72.